The maximum atomic E-state index is 5.94. The summed E-state index contributed by atoms with van der Waals surface area (Å²) in [7, 11) is 0. The molecule has 4 nitrogen and oxygen atoms in total. The average molecular weight is 299 g/mol. The standard InChI is InChI=1S/C16H15ClN4/c1-11(12-2-5-14(17)6-3-12)21-10-19-9-15(21)13-4-7-16(18)20-8-13/h2-11H,1H3,(H2,18,20). The molecule has 0 saturated heterocycles. The second-order valence-corrected chi connectivity index (χ2v) is 5.32. The van der Waals surface area contributed by atoms with E-state index in [1.54, 1.807) is 12.3 Å². The first-order chi connectivity index (χ1) is 10.1. The van der Waals surface area contributed by atoms with Crippen LogP contribution < -0.4 is 5.73 Å². The predicted octanol–water partition coefficient (Wildman–Crippen LogP) is 3.79. The average Bonchev–Trinajstić information content (AvgIpc) is 2.97. The van der Waals surface area contributed by atoms with Gasteiger partial charge in [0.05, 0.1) is 24.3 Å². The van der Waals surface area contributed by atoms with E-state index in [1.165, 1.54) is 5.56 Å². The van der Waals surface area contributed by atoms with Crippen LogP contribution >= 0.6 is 11.6 Å². The lowest BCUT2D eigenvalue weighted by Gasteiger charge is -2.17. The summed E-state index contributed by atoms with van der Waals surface area (Å²) in [6.07, 6.45) is 5.42. The van der Waals surface area contributed by atoms with Gasteiger partial charge in [-0.2, -0.15) is 0 Å². The van der Waals surface area contributed by atoms with Gasteiger partial charge in [0.15, 0.2) is 0 Å². The van der Waals surface area contributed by atoms with Crippen LogP contribution in [0.1, 0.15) is 18.5 Å². The van der Waals surface area contributed by atoms with Gasteiger partial charge in [-0.15, -0.1) is 0 Å². The van der Waals surface area contributed by atoms with Gasteiger partial charge in [0.2, 0.25) is 0 Å². The molecule has 1 aromatic carbocycles. The lowest BCUT2D eigenvalue weighted by molar-refractivity contribution is 0.644. The van der Waals surface area contributed by atoms with Crippen LogP contribution in [0.25, 0.3) is 11.3 Å². The van der Waals surface area contributed by atoms with E-state index >= 15 is 0 Å². The minimum absolute atomic E-state index is 0.150. The Morgan fingerprint density at radius 1 is 1.10 bits per heavy atom. The van der Waals surface area contributed by atoms with Crippen LogP contribution in [0.15, 0.2) is 55.1 Å². The Balaban J connectivity index is 1.98. The minimum atomic E-state index is 0.150. The van der Waals surface area contributed by atoms with Crippen molar-refractivity contribution in [3.05, 3.63) is 65.7 Å². The summed E-state index contributed by atoms with van der Waals surface area (Å²) < 4.78 is 2.11. The number of hydrogen-bond acceptors (Lipinski definition) is 3. The van der Waals surface area contributed by atoms with Gasteiger partial charge < -0.3 is 10.3 Å². The number of halogens is 1. The van der Waals surface area contributed by atoms with Crippen molar-refractivity contribution in [1.82, 2.24) is 14.5 Å². The summed E-state index contributed by atoms with van der Waals surface area (Å²) in [5.74, 6) is 0.510. The molecule has 0 aliphatic carbocycles. The molecule has 0 radical (unpaired) electrons. The first-order valence-corrected chi connectivity index (χ1v) is 7.02. The molecule has 3 rings (SSSR count). The topological polar surface area (TPSA) is 56.7 Å². The molecular formula is C16H15ClN4. The van der Waals surface area contributed by atoms with Crippen molar-refractivity contribution in [3.8, 4) is 11.3 Å². The summed E-state index contributed by atoms with van der Waals surface area (Å²) in [6, 6.07) is 11.7. The zero-order chi connectivity index (χ0) is 14.8. The molecule has 1 unspecified atom stereocenters. The number of rotatable bonds is 3. The predicted molar refractivity (Wildman–Crippen MR) is 85.1 cm³/mol. The summed E-state index contributed by atoms with van der Waals surface area (Å²) in [4.78, 5) is 8.40. The fourth-order valence-electron chi connectivity index (χ4n) is 2.30. The normalized spacial score (nSPS) is 12.3. The van der Waals surface area contributed by atoms with Gasteiger partial charge in [0.1, 0.15) is 5.82 Å². The lowest BCUT2D eigenvalue weighted by Crippen LogP contribution is -2.07. The van der Waals surface area contributed by atoms with Crippen LogP contribution in [-0.2, 0) is 0 Å². The van der Waals surface area contributed by atoms with Crippen molar-refractivity contribution in [3.63, 3.8) is 0 Å². The minimum Gasteiger partial charge on any atom is -0.384 e. The summed E-state index contributed by atoms with van der Waals surface area (Å²) in [5.41, 5.74) is 8.80. The smallest absolute Gasteiger partial charge is 0.123 e. The molecule has 2 heterocycles. The van der Waals surface area contributed by atoms with Crippen molar-refractivity contribution >= 4 is 17.4 Å². The van der Waals surface area contributed by atoms with E-state index in [0.29, 0.717) is 5.82 Å². The number of nitrogens with zero attached hydrogens (tertiary/aromatic N) is 3. The highest BCUT2D eigenvalue weighted by atomic mass is 35.5. The van der Waals surface area contributed by atoms with E-state index in [4.69, 9.17) is 17.3 Å². The Labute approximate surface area is 128 Å². The molecule has 0 saturated carbocycles. The molecule has 2 aromatic heterocycles. The number of hydrogen-bond donors (Lipinski definition) is 1. The maximum Gasteiger partial charge on any atom is 0.123 e. The van der Waals surface area contributed by atoms with Crippen molar-refractivity contribution in [2.24, 2.45) is 0 Å². The second kappa shape index (κ2) is 5.58. The van der Waals surface area contributed by atoms with Gasteiger partial charge in [-0.1, -0.05) is 23.7 Å². The van der Waals surface area contributed by atoms with E-state index in [2.05, 4.69) is 21.5 Å². The molecule has 0 aliphatic rings. The molecule has 0 amide bonds. The maximum absolute atomic E-state index is 5.94. The third-order valence-corrected chi connectivity index (χ3v) is 3.77. The highest BCUT2D eigenvalue weighted by Crippen LogP contribution is 2.26. The number of nitrogen functional groups attached to an aromatic ring is 1. The van der Waals surface area contributed by atoms with E-state index in [1.807, 2.05) is 42.9 Å². The van der Waals surface area contributed by atoms with Crippen molar-refractivity contribution in [2.45, 2.75) is 13.0 Å². The first-order valence-electron chi connectivity index (χ1n) is 6.64. The van der Waals surface area contributed by atoms with Gasteiger partial charge in [-0.05, 0) is 36.8 Å². The second-order valence-electron chi connectivity index (χ2n) is 4.89. The Hall–Kier alpha value is -2.33. The zero-order valence-electron chi connectivity index (χ0n) is 11.6. The summed E-state index contributed by atoms with van der Waals surface area (Å²) in [5, 5.41) is 0.736. The highest BCUT2D eigenvalue weighted by Gasteiger charge is 2.13. The van der Waals surface area contributed by atoms with Gasteiger partial charge in [0.25, 0.3) is 0 Å². The van der Waals surface area contributed by atoms with Gasteiger partial charge >= 0.3 is 0 Å². The molecule has 0 fully saturated rings. The largest absolute Gasteiger partial charge is 0.384 e. The van der Waals surface area contributed by atoms with Crippen molar-refractivity contribution in [2.75, 3.05) is 5.73 Å². The number of imidazole rings is 1. The lowest BCUT2D eigenvalue weighted by atomic mass is 10.1. The van der Waals surface area contributed by atoms with Crippen LogP contribution in [0.2, 0.25) is 5.02 Å². The van der Waals surface area contributed by atoms with E-state index in [9.17, 15) is 0 Å². The molecule has 21 heavy (non-hydrogen) atoms. The van der Waals surface area contributed by atoms with Crippen LogP contribution in [0.4, 0.5) is 5.82 Å². The molecule has 1 atom stereocenters. The van der Waals surface area contributed by atoms with Crippen molar-refractivity contribution in [1.29, 1.82) is 0 Å². The third kappa shape index (κ3) is 2.76. The third-order valence-electron chi connectivity index (χ3n) is 3.52. The first kappa shape index (κ1) is 13.6. The Morgan fingerprint density at radius 3 is 2.52 bits per heavy atom. The van der Waals surface area contributed by atoms with Gasteiger partial charge in [-0.3, -0.25) is 0 Å². The van der Waals surface area contributed by atoms with Crippen LogP contribution in [0, 0.1) is 0 Å². The SMILES string of the molecule is CC(c1ccc(Cl)cc1)n1cncc1-c1ccc(N)nc1. The van der Waals surface area contributed by atoms with E-state index < -0.39 is 0 Å². The quantitative estimate of drug-likeness (QED) is 0.800. The van der Waals surface area contributed by atoms with Crippen LogP contribution in [0.5, 0.6) is 0 Å². The summed E-state index contributed by atoms with van der Waals surface area (Å²) in [6.45, 7) is 2.12. The Morgan fingerprint density at radius 2 is 1.86 bits per heavy atom. The number of anilines is 1. The fraction of sp³-hybridized carbons (Fsp3) is 0.125. The molecule has 106 valence electrons. The summed E-state index contributed by atoms with van der Waals surface area (Å²) >= 11 is 5.94. The monoisotopic (exact) mass is 298 g/mol. The van der Waals surface area contributed by atoms with E-state index in [0.717, 1.165) is 16.3 Å². The molecule has 0 aliphatic heterocycles. The molecule has 2 N–H and O–H groups in total. The molecule has 0 bridgehead atoms. The molecular weight excluding hydrogens is 284 g/mol. The van der Waals surface area contributed by atoms with Gasteiger partial charge in [-0.25, -0.2) is 9.97 Å². The number of nitrogens with two attached hydrogens (primary N) is 1. The Bertz CT molecular complexity index is 732. The zero-order valence-corrected chi connectivity index (χ0v) is 12.3. The van der Waals surface area contributed by atoms with Crippen LogP contribution in [-0.4, -0.2) is 14.5 Å². The molecule has 3 aromatic rings. The number of pyridine rings is 1. The number of aromatic nitrogens is 3. The van der Waals surface area contributed by atoms with Gasteiger partial charge in [0, 0.05) is 16.8 Å². The Kier molecular flexibility index (Phi) is 3.62. The number of benzene rings is 1. The van der Waals surface area contributed by atoms with E-state index in [-0.39, 0.29) is 6.04 Å². The fourth-order valence-corrected chi connectivity index (χ4v) is 2.42. The molecule has 5 heteroatoms. The molecule has 0 spiro atoms. The van der Waals surface area contributed by atoms with Crippen LogP contribution in [0.3, 0.4) is 0 Å². The highest BCUT2D eigenvalue weighted by molar-refractivity contribution is 6.30. The van der Waals surface area contributed by atoms with Crippen molar-refractivity contribution < 1.29 is 0 Å².